The quantitative estimate of drug-likeness (QED) is 0.483. The molecule has 0 aliphatic rings. The number of aromatic nitrogens is 3. The number of hydrogen-bond acceptors (Lipinski definition) is 5. The molecule has 3 aromatic heterocycles. The minimum Gasteiger partial charge on any atom is -0.298 e. The first-order valence-electron chi connectivity index (χ1n) is 9.41. The number of thiazole rings is 1. The Kier molecular flexibility index (Phi) is 4.88. The molecule has 0 saturated carbocycles. The van der Waals surface area contributed by atoms with Crippen LogP contribution in [0.3, 0.4) is 0 Å². The number of carbonyl (C=O) groups is 1. The van der Waals surface area contributed by atoms with Gasteiger partial charge in [-0.15, -0.1) is 0 Å². The van der Waals surface area contributed by atoms with Gasteiger partial charge in [-0.1, -0.05) is 44.2 Å². The van der Waals surface area contributed by atoms with Gasteiger partial charge in [0.15, 0.2) is 5.13 Å². The maximum Gasteiger partial charge on any atom is 0.259 e. The van der Waals surface area contributed by atoms with Gasteiger partial charge in [-0.25, -0.2) is 4.98 Å². The van der Waals surface area contributed by atoms with Crippen LogP contribution in [0.2, 0.25) is 0 Å². The fourth-order valence-corrected chi connectivity index (χ4v) is 3.89. The lowest BCUT2D eigenvalue weighted by Gasteiger charge is -2.18. The number of amides is 1. The van der Waals surface area contributed by atoms with Crippen LogP contribution in [-0.2, 0) is 5.41 Å². The third-order valence-electron chi connectivity index (χ3n) is 4.75. The molecule has 0 fully saturated rings. The summed E-state index contributed by atoms with van der Waals surface area (Å²) in [5, 5.41) is 5.69. The van der Waals surface area contributed by atoms with E-state index in [0.29, 0.717) is 10.7 Å². The van der Waals surface area contributed by atoms with Crippen molar-refractivity contribution in [3.05, 3.63) is 71.9 Å². The Labute approximate surface area is 173 Å². The highest BCUT2D eigenvalue weighted by atomic mass is 32.1. The highest BCUT2D eigenvalue weighted by Gasteiger charge is 2.19. The van der Waals surface area contributed by atoms with Crippen LogP contribution in [0.4, 0.5) is 5.13 Å². The van der Waals surface area contributed by atoms with Gasteiger partial charge in [0, 0.05) is 35.1 Å². The van der Waals surface area contributed by atoms with Crippen molar-refractivity contribution in [2.45, 2.75) is 33.1 Å². The van der Waals surface area contributed by atoms with E-state index in [1.54, 1.807) is 12.4 Å². The molecule has 5 nitrogen and oxygen atoms in total. The summed E-state index contributed by atoms with van der Waals surface area (Å²) in [6.07, 6.45) is 5.42. The van der Waals surface area contributed by atoms with Gasteiger partial charge in [0.05, 0.1) is 16.1 Å². The van der Waals surface area contributed by atoms with Gasteiger partial charge in [-0.2, -0.15) is 0 Å². The van der Waals surface area contributed by atoms with Crippen molar-refractivity contribution in [1.82, 2.24) is 15.0 Å². The van der Waals surface area contributed by atoms with E-state index in [0.717, 1.165) is 32.6 Å². The van der Waals surface area contributed by atoms with Crippen molar-refractivity contribution in [3.63, 3.8) is 0 Å². The molecule has 0 atom stereocenters. The van der Waals surface area contributed by atoms with E-state index in [9.17, 15) is 4.79 Å². The predicted octanol–water partition coefficient (Wildman–Crippen LogP) is 5.61. The molecule has 1 N–H and O–H groups in total. The Morgan fingerprint density at radius 2 is 1.86 bits per heavy atom. The van der Waals surface area contributed by atoms with E-state index < -0.39 is 0 Å². The summed E-state index contributed by atoms with van der Waals surface area (Å²) in [5.74, 6) is -0.194. The van der Waals surface area contributed by atoms with Gasteiger partial charge in [-0.3, -0.25) is 20.1 Å². The van der Waals surface area contributed by atoms with Crippen molar-refractivity contribution < 1.29 is 4.79 Å². The molecule has 0 bridgehead atoms. The highest BCUT2D eigenvalue weighted by Crippen LogP contribution is 2.31. The molecular formula is C23H22N4OS. The minimum atomic E-state index is -0.194. The Morgan fingerprint density at radius 3 is 2.62 bits per heavy atom. The van der Waals surface area contributed by atoms with Crippen LogP contribution in [0.15, 0.2) is 55.0 Å². The molecule has 6 heteroatoms. The summed E-state index contributed by atoms with van der Waals surface area (Å²) in [5.41, 5.74) is 3.26. The number of aryl methyl sites for hydroxylation is 1. The average Bonchev–Trinajstić information content (AvgIpc) is 3.15. The Balaban J connectivity index is 1.55. The number of pyridine rings is 2. The Hall–Kier alpha value is -3.12. The zero-order valence-electron chi connectivity index (χ0n) is 16.9. The number of nitrogens with zero attached hydrogens (tertiary/aromatic N) is 3. The third-order valence-corrected chi connectivity index (χ3v) is 5.71. The van der Waals surface area contributed by atoms with Crippen molar-refractivity contribution in [1.29, 1.82) is 0 Å². The van der Waals surface area contributed by atoms with Crippen molar-refractivity contribution >= 4 is 33.1 Å². The second kappa shape index (κ2) is 7.37. The molecule has 0 aliphatic heterocycles. The molecule has 0 spiro atoms. The first kappa shape index (κ1) is 19.2. The first-order valence-corrected chi connectivity index (χ1v) is 10.2. The van der Waals surface area contributed by atoms with Crippen molar-refractivity contribution in [2.24, 2.45) is 0 Å². The molecule has 0 unspecified atom stereocenters. The Morgan fingerprint density at radius 1 is 1.03 bits per heavy atom. The molecule has 1 amide bonds. The van der Waals surface area contributed by atoms with Gasteiger partial charge >= 0.3 is 0 Å². The minimum absolute atomic E-state index is 0.0557. The van der Waals surface area contributed by atoms with E-state index in [2.05, 4.69) is 47.1 Å². The smallest absolute Gasteiger partial charge is 0.259 e. The normalized spacial score (nSPS) is 11.6. The summed E-state index contributed by atoms with van der Waals surface area (Å²) in [7, 11) is 0. The summed E-state index contributed by atoms with van der Waals surface area (Å²) in [4.78, 5) is 26.9. The van der Waals surface area contributed by atoms with Crippen molar-refractivity contribution in [3.8, 4) is 10.4 Å². The summed E-state index contributed by atoms with van der Waals surface area (Å²) >= 11 is 1.45. The van der Waals surface area contributed by atoms with Gasteiger partial charge in [0.1, 0.15) is 0 Å². The number of carbonyl (C=O) groups excluding carboxylic acids is 1. The van der Waals surface area contributed by atoms with Crippen LogP contribution >= 0.6 is 11.3 Å². The zero-order valence-corrected chi connectivity index (χ0v) is 17.7. The molecule has 146 valence electrons. The maximum atomic E-state index is 12.7. The monoisotopic (exact) mass is 402 g/mol. The standard InChI is InChI=1S/C23H22N4OS/c1-14-18(7-8-20(26-14)23(2,3)4)21(28)27-22-25-13-19(29-22)16-5-6-17-12-24-10-9-15(17)11-16/h5-13H,1-4H3,(H,25,27,28). The third kappa shape index (κ3) is 4.03. The molecule has 0 radical (unpaired) electrons. The fourth-order valence-electron chi connectivity index (χ4n) is 3.09. The largest absolute Gasteiger partial charge is 0.298 e. The summed E-state index contributed by atoms with van der Waals surface area (Å²) < 4.78 is 0. The van der Waals surface area contributed by atoms with E-state index in [4.69, 9.17) is 0 Å². The highest BCUT2D eigenvalue weighted by molar-refractivity contribution is 7.19. The van der Waals surface area contributed by atoms with E-state index in [-0.39, 0.29) is 11.3 Å². The predicted molar refractivity (Wildman–Crippen MR) is 118 cm³/mol. The maximum absolute atomic E-state index is 12.7. The molecule has 3 heterocycles. The van der Waals surface area contributed by atoms with Gasteiger partial charge in [-0.05, 0) is 42.1 Å². The van der Waals surface area contributed by atoms with Crippen LogP contribution in [0.1, 0.15) is 42.5 Å². The second-order valence-corrected chi connectivity index (χ2v) is 9.03. The van der Waals surface area contributed by atoms with E-state index in [1.807, 2.05) is 43.5 Å². The van der Waals surface area contributed by atoms with E-state index in [1.165, 1.54) is 11.3 Å². The number of fused-ring (bicyclic) bond motifs is 1. The second-order valence-electron chi connectivity index (χ2n) is 8.00. The van der Waals surface area contributed by atoms with Crippen LogP contribution in [0, 0.1) is 6.92 Å². The Bertz CT molecular complexity index is 1210. The van der Waals surface area contributed by atoms with Gasteiger partial charge < -0.3 is 0 Å². The number of rotatable bonds is 3. The number of hydrogen-bond donors (Lipinski definition) is 1. The van der Waals surface area contributed by atoms with Gasteiger partial charge in [0.2, 0.25) is 0 Å². The molecule has 0 aliphatic carbocycles. The molecule has 1 aromatic carbocycles. The lowest BCUT2D eigenvalue weighted by molar-refractivity contribution is 0.102. The molecule has 29 heavy (non-hydrogen) atoms. The lowest BCUT2D eigenvalue weighted by atomic mass is 9.91. The molecule has 0 saturated heterocycles. The summed E-state index contributed by atoms with van der Waals surface area (Å²) in [6, 6.07) is 11.9. The zero-order chi connectivity index (χ0) is 20.6. The molecule has 4 rings (SSSR count). The van der Waals surface area contributed by atoms with E-state index >= 15 is 0 Å². The van der Waals surface area contributed by atoms with Gasteiger partial charge in [0.25, 0.3) is 5.91 Å². The first-order chi connectivity index (χ1) is 13.8. The SMILES string of the molecule is Cc1nc(C(C)(C)C)ccc1C(=O)Nc1ncc(-c2ccc3cnccc3c2)s1. The van der Waals surface area contributed by atoms with Crippen LogP contribution in [0.25, 0.3) is 21.2 Å². The van der Waals surface area contributed by atoms with Crippen molar-refractivity contribution in [2.75, 3.05) is 5.32 Å². The molecule has 4 aromatic rings. The van der Waals surface area contributed by atoms with Crippen LogP contribution in [0.5, 0.6) is 0 Å². The average molecular weight is 403 g/mol. The topological polar surface area (TPSA) is 67.8 Å². The van der Waals surface area contributed by atoms with Crippen LogP contribution in [-0.4, -0.2) is 20.9 Å². The number of nitrogens with one attached hydrogen (secondary N) is 1. The number of benzene rings is 1. The van der Waals surface area contributed by atoms with Crippen LogP contribution < -0.4 is 5.32 Å². The number of anilines is 1. The summed E-state index contributed by atoms with van der Waals surface area (Å²) in [6.45, 7) is 8.18. The molecular weight excluding hydrogens is 380 g/mol. The lowest BCUT2D eigenvalue weighted by Crippen LogP contribution is -2.18. The fraction of sp³-hybridized carbons (Fsp3) is 0.217.